The van der Waals surface area contributed by atoms with Crippen molar-refractivity contribution in [2.24, 2.45) is 0 Å². The maximum atomic E-state index is 13.8. The standard InChI is InChI=1S/C26H20F9NO3S/c1-12-8-19(22(38-3)40-12)17-6-4-15(24(27,28)29)9-14(17)11-36-13(2)21(39-23(36)37)18-7-5-16(25(30,31)32)10-20(18)26(33,34)35/h4-10,13,21H,11H2,1-3H3/t13-,21-/m0/s1. The van der Waals surface area contributed by atoms with Crippen LogP contribution in [-0.4, -0.2) is 24.1 Å². The van der Waals surface area contributed by atoms with Crippen LogP contribution in [0.2, 0.25) is 0 Å². The minimum atomic E-state index is -5.21. The lowest BCUT2D eigenvalue weighted by Crippen LogP contribution is -2.32. The van der Waals surface area contributed by atoms with Gasteiger partial charge in [0.1, 0.15) is 6.10 Å². The first-order valence-electron chi connectivity index (χ1n) is 11.5. The molecule has 0 saturated carbocycles. The van der Waals surface area contributed by atoms with Gasteiger partial charge in [0.05, 0.1) is 36.4 Å². The SMILES string of the molecule is COc1sc(C)cc1-c1ccc(C(F)(F)F)cc1CN1C(=O)O[C@H](c2ccc(C(F)(F)F)cc2C(F)(F)F)[C@@H]1C. The molecule has 0 aliphatic carbocycles. The number of alkyl halides is 9. The number of benzene rings is 2. The number of carbonyl (C=O) groups excluding carboxylic acids is 1. The highest BCUT2D eigenvalue weighted by Gasteiger charge is 2.46. The fourth-order valence-electron chi connectivity index (χ4n) is 4.54. The summed E-state index contributed by atoms with van der Waals surface area (Å²) in [4.78, 5) is 14.5. The molecule has 2 heterocycles. The molecule has 4 nitrogen and oxygen atoms in total. The van der Waals surface area contributed by atoms with Crippen LogP contribution in [0.5, 0.6) is 5.06 Å². The Hall–Kier alpha value is -3.42. The van der Waals surface area contributed by atoms with Crippen LogP contribution in [0, 0.1) is 6.92 Å². The molecule has 1 fully saturated rings. The van der Waals surface area contributed by atoms with Crippen LogP contribution in [0.3, 0.4) is 0 Å². The van der Waals surface area contributed by atoms with Gasteiger partial charge >= 0.3 is 24.6 Å². The van der Waals surface area contributed by atoms with Crippen molar-refractivity contribution in [3.05, 3.63) is 75.2 Å². The Morgan fingerprint density at radius 2 is 1.48 bits per heavy atom. The van der Waals surface area contributed by atoms with E-state index in [4.69, 9.17) is 9.47 Å². The van der Waals surface area contributed by atoms with Gasteiger partial charge < -0.3 is 9.47 Å². The van der Waals surface area contributed by atoms with Crippen molar-refractivity contribution in [3.8, 4) is 16.2 Å². The Labute approximate surface area is 225 Å². The van der Waals surface area contributed by atoms with E-state index in [0.29, 0.717) is 28.3 Å². The number of nitrogens with zero attached hydrogens (tertiary/aromatic N) is 1. The Bertz CT molecular complexity index is 1430. The van der Waals surface area contributed by atoms with Crippen molar-refractivity contribution in [2.75, 3.05) is 7.11 Å². The molecule has 1 amide bonds. The number of methoxy groups -OCH3 is 1. The number of ether oxygens (including phenoxy) is 2. The van der Waals surface area contributed by atoms with Crippen LogP contribution in [0.25, 0.3) is 11.1 Å². The van der Waals surface area contributed by atoms with Crippen molar-refractivity contribution in [2.45, 2.75) is 51.1 Å². The fraction of sp³-hybridized carbons (Fsp3) is 0.346. The summed E-state index contributed by atoms with van der Waals surface area (Å²) in [5.74, 6) is 0. The van der Waals surface area contributed by atoms with Gasteiger partial charge in [-0.1, -0.05) is 12.1 Å². The van der Waals surface area contributed by atoms with Crippen molar-refractivity contribution in [1.29, 1.82) is 0 Å². The Morgan fingerprint density at radius 1 is 0.875 bits per heavy atom. The molecule has 0 radical (unpaired) electrons. The smallest absolute Gasteiger partial charge is 0.416 e. The lowest BCUT2D eigenvalue weighted by Gasteiger charge is -2.25. The first-order valence-corrected chi connectivity index (χ1v) is 12.3. The molecular formula is C26H20F9NO3S. The van der Waals surface area contributed by atoms with Crippen molar-refractivity contribution in [1.82, 2.24) is 4.90 Å². The quantitative estimate of drug-likeness (QED) is 0.276. The van der Waals surface area contributed by atoms with E-state index >= 15 is 0 Å². The zero-order chi connectivity index (χ0) is 29.8. The molecule has 2 atom stereocenters. The van der Waals surface area contributed by atoms with E-state index in [1.54, 1.807) is 13.0 Å². The molecule has 0 N–H and O–H groups in total. The Kier molecular flexibility index (Phi) is 7.54. The topological polar surface area (TPSA) is 38.8 Å². The van der Waals surface area contributed by atoms with E-state index < -0.39 is 65.6 Å². The molecule has 216 valence electrons. The number of hydrogen-bond donors (Lipinski definition) is 0. The lowest BCUT2D eigenvalue weighted by molar-refractivity contribution is -0.144. The zero-order valence-corrected chi connectivity index (χ0v) is 21.7. The molecular weight excluding hydrogens is 577 g/mol. The average Bonchev–Trinajstić information content (AvgIpc) is 3.36. The second kappa shape index (κ2) is 10.2. The number of thiophene rings is 1. The predicted octanol–water partition coefficient (Wildman–Crippen LogP) is 8.87. The summed E-state index contributed by atoms with van der Waals surface area (Å²) >= 11 is 1.24. The fourth-order valence-corrected chi connectivity index (χ4v) is 5.37. The monoisotopic (exact) mass is 597 g/mol. The van der Waals surface area contributed by atoms with Crippen LogP contribution < -0.4 is 4.74 Å². The molecule has 1 aromatic heterocycles. The largest absolute Gasteiger partial charge is 0.487 e. The van der Waals surface area contributed by atoms with Gasteiger partial charge in [-0.2, -0.15) is 39.5 Å². The summed E-state index contributed by atoms with van der Waals surface area (Å²) in [5, 5.41) is 0.396. The molecule has 0 bridgehead atoms. The highest BCUT2D eigenvalue weighted by Crippen LogP contribution is 2.45. The van der Waals surface area contributed by atoms with Crippen LogP contribution in [0.1, 0.15) is 45.7 Å². The van der Waals surface area contributed by atoms with Gasteiger partial charge in [0.2, 0.25) is 0 Å². The molecule has 0 unspecified atom stereocenters. The molecule has 4 rings (SSSR count). The molecule has 3 aromatic rings. The number of cyclic esters (lactones) is 1. The van der Waals surface area contributed by atoms with Gasteiger partial charge in [0.15, 0.2) is 5.06 Å². The van der Waals surface area contributed by atoms with Crippen molar-refractivity contribution >= 4 is 17.4 Å². The molecule has 40 heavy (non-hydrogen) atoms. The minimum absolute atomic E-state index is 0.0128. The third kappa shape index (κ3) is 5.72. The van der Waals surface area contributed by atoms with E-state index in [-0.39, 0.29) is 11.6 Å². The van der Waals surface area contributed by atoms with E-state index in [9.17, 15) is 44.3 Å². The average molecular weight is 597 g/mol. The number of rotatable bonds is 5. The Morgan fingerprint density at radius 3 is 2.05 bits per heavy atom. The summed E-state index contributed by atoms with van der Waals surface area (Å²) in [7, 11) is 1.38. The summed E-state index contributed by atoms with van der Waals surface area (Å²) in [6.07, 6.45) is -17.8. The molecule has 14 heteroatoms. The van der Waals surface area contributed by atoms with Crippen LogP contribution >= 0.6 is 11.3 Å². The van der Waals surface area contributed by atoms with Gasteiger partial charge in [-0.15, -0.1) is 11.3 Å². The van der Waals surface area contributed by atoms with Crippen LogP contribution in [0.4, 0.5) is 44.3 Å². The summed E-state index contributed by atoms with van der Waals surface area (Å²) in [6.45, 7) is 2.57. The lowest BCUT2D eigenvalue weighted by atomic mass is 9.94. The zero-order valence-electron chi connectivity index (χ0n) is 20.9. The highest BCUT2D eigenvalue weighted by atomic mass is 32.1. The number of amides is 1. The first-order chi connectivity index (χ1) is 18.4. The highest BCUT2D eigenvalue weighted by molar-refractivity contribution is 7.14. The second-order valence-corrected chi connectivity index (χ2v) is 10.3. The van der Waals surface area contributed by atoms with Gasteiger partial charge in [-0.05, 0) is 55.3 Å². The van der Waals surface area contributed by atoms with Gasteiger partial charge in [-0.25, -0.2) is 4.79 Å². The van der Waals surface area contributed by atoms with E-state index in [2.05, 4.69) is 0 Å². The summed E-state index contributed by atoms with van der Waals surface area (Å²) < 4.78 is 132. The minimum Gasteiger partial charge on any atom is -0.487 e. The summed E-state index contributed by atoms with van der Waals surface area (Å²) in [5.41, 5.74) is -4.13. The normalized spacial score (nSPS) is 18.3. The van der Waals surface area contributed by atoms with E-state index in [0.717, 1.165) is 21.9 Å². The number of halogens is 9. The van der Waals surface area contributed by atoms with Crippen molar-refractivity contribution in [3.63, 3.8) is 0 Å². The third-order valence-electron chi connectivity index (χ3n) is 6.45. The predicted molar refractivity (Wildman–Crippen MR) is 127 cm³/mol. The number of aryl methyl sites for hydroxylation is 1. The first kappa shape index (κ1) is 29.6. The summed E-state index contributed by atoms with van der Waals surface area (Å²) in [6, 6.07) is 4.38. The van der Waals surface area contributed by atoms with Gasteiger partial charge in [0.25, 0.3) is 0 Å². The van der Waals surface area contributed by atoms with E-state index in [1.165, 1.54) is 31.4 Å². The van der Waals surface area contributed by atoms with E-state index in [1.807, 2.05) is 0 Å². The molecule has 1 saturated heterocycles. The maximum Gasteiger partial charge on any atom is 0.416 e. The van der Waals surface area contributed by atoms with Crippen LogP contribution in [-0.2, 0) is 29.8 Å². The number of carbonyl (C=O) groups is 1. The molecule has 1 aliphatic heterocycles. The number of hydrogen-bond acceptors (Lipinski definition) is 4. The molecule has 1 aliphatic rings. The maximum absolute atomic E-state index is 13.8. The molecule has 0 spiro atoms. The van der Waals surface area contributed by atoms with Gasteiger partial charge in [0, 0.05) is 16.0 Å². The molecule has 2 aromatic carbocycles. The second-order valence-electron chi connectivity index (χ2n) is 9.10. The Balaban J connectivity index is 1.76. The van der Waals surface area contributed by atoms with Crippen molar-refractivity contribution < 1.29 is 53.8 Å². The van der Waals surface area contributed by atoms with Crippen LogP contribution in [0.15, 0.2) is 42.5 Å². The van der Waals surface area contributed by atoms with Gasteiger partial charge in [-0.3, -0.25) is 4.90 Å². The third-order valence-corrected chi connectivity index (χ3v) is 7.47.